The Kier molecular flexibility index (Phi) is 2.57. The number of aryl methyl sites for hydroxylation is 1. The molecule has 4 nitrogen and oxygen atoms in total. The number of fused-ring (bicyclic) bond motifs is 1. The fraction of sp³-hybridized carbons (Fsp3) is 0.333. The number of allylic oxidation sites excluding steroid dienone is 2. The average molecular weight is 286 g/mol. The Hall–Kier alpha value is -1.88. The van der Waals surface area contributed by atoms with Crippen LogP contribution in [0.5, 0.6) is 0 Å². The normalized spacial score (nSPS) is 21.4. The van der Waals surface area contributed by atoms with Crippen LogP contribution in [0.1, 0.15) is 42.0 Å². The summed E-state index contributed by atoms with van der Waals surface area (Å²) in [5.41, 5.74) is 4.95. The number of carbonyl (C=O) groups excluding carboxylic acids is 1. The summed E-state index contributed by atoms with van der Waals surface area (Å²) < 4.78 is 5.40. The molecule has 1 unspecified atom stereocenters. The molecule has 0 fully saturated rings. The van der Waals surface area contributed by atoms with Gasteiger partial charge >= 0.3 is 0 Å². The van der Waals surface area contributed by atoms with E-state index in [1.807, 2.05) is 12.3 Å². The lowest BCUT2D eigenvalue weighted by molar-refractivity contribution is -0.116. The molecule has 2 aromatic heterocycles. The topological polar surface area (TPSA) is 55.1 Å². The summed E-state index contributed by atoms with van der Waals surface area (Å²) in [5, 5.41) is 11.5. The number of hydrogen-bond donors (Lipinski definition) is 1. The molecule has 2 aromatic rings. The van der Waals surface area contributed by atoms with E-state index in [-0.39, 0.29) is 11.7 Å². The van der Waals surface area contributed by atoms with Crippen molar-refractivity contribution < 1.29 is 9.32 Å². The highest BCUT2D eigenvalue weighted by atomic mass is 32.1. The third kappa shape index (κ3) is 1.59. The Bertz CT molecular complexity index is 712. The van der Waals surface area contributed by atoms with Crippen LogP contribution in [-0.4, -0.2) is 10.9 Å². The fourth-order valence-electron chi connectivity index (χ4n) is 3.19. The lowest BCUT2D eigenvalue weighted by atomic mass is 9.77. The summed E-state index contributed by atoms with van der Waals surface area (Å²) in [6, 6.07) is 2.09. The number of anilines is 1. The van der Waals surface area contributed by atoms with E-state index in [1.54, 1.807) is 11.3 Å². The highest BCUT2D eigenvalue weighted by molar-refractivity contribution is 7.08. The Labute approximate surface area is 120 Å². The molecule has 0 aromatic carbocycles. The number of ketones is 1. The van der Waals surface area contributed by atoms with E-state index in [2.05, 4.69) is 21.9 Å². The summed E-state index contributed by atoms with van der Waals surface area (Å²) in [6.45, 7) is 1.93. The predicted molar refractivity (Wildman–Crippen MR) is 76.9 cm³/mol. The van der Waals surface area contributed by atoms with Crippen molar-refractivity contribution in [3.63, 3.8) is 0 Å². The number of nitrogens with one attached hydrogen (secondary N) is 1. The maximum atomic E-state index is 12.4. The van der Waals surface area contributed by atoms with Crippen LogP contribution in [0, 0.1) is 6.92 Å². The van der Waals surface area contributed by atoms with Gasteiger partial charge in [-0.15, -0.1) is 0 Å². The van der Waals surface area contributed by atoms with Gasteiger partial charge in [-0.1, -0.05) is 5.16 Å². The molecule has 102 valence electrons. The molecule has 1 aliphatic heterocycles. The number of hydrogen-bond acceptors (Lipinski definition) is 5. The highest BCUT2D eigenvalue weighted by Gasteiger charge is 2.38. The zero-order valence-electron chi connectivity index (χ0n) is 11.1. The largest absolute Gasteiger partial charge is 0.338 e. The van der Waals surface area contributed by atoms with E-state index in [4.69, 9.17) is 4.52 Å². The second-order valence-electron chi connectivity index (χ2n) is 5.29. The standard InChI is InChI=1S/C15H14N2O2S/c1-8-12-13(9-5-6-20-7-9)14-10(3-2-4-11(14)18)16-15(12)19-17-8/h5-7,13,16H,2-4H2,1H3. The summed E-state index contributed by atoms with van der Waals surface area (Å²) in [4.78, 5) is 12.4. The molecule has 0 bridgehead atoms. The number of carbonyl (C=O) groups is 1. The first-order valence-electron chi connectivity index (χ1n) is 6.77. The van der Waals surface area contributed by atoms with Crippen LogP contribution in [0.3, 0.4) is 0 Å². The van der Waals surface area contributed by atoms with Gasteiger partial charge in [-0.25, -0.2) is 0 Å². The molecule has 0 saturated heterocycles. The van der Waals surface area contributed by atoms with Gasteiger partial charge in [-0.2, -0.15) is 11.3 Å². The molecule has 1 N–H and O–H groups in total. The van der Waals surface area contributed by atoms with E-state index < -0.39 is 0 Å². The first-order chi connectivity index (χ1) is 9.75. The van der Waals surface area contributed by atoms with Crippen LogP contribution in [0.4, 0.5) is 5.88 Å². The molecule has 0 saturated carbocycles. The van der Waals surface area contributed by atoms with Gasteiger partial charge in [0.15, 0.2) is 5.78 Å². The lowest BCUT2D eigenvalue weighted by Gasteiger charge is -2.30. The van der Waals surface area contributed by atoms with E-state index in [9.17, 15) is 4.79 Å². The maximum Gasteiger partial charge on any atom is 0.233 e. The fourth-order valence-corrected chi connectivity index (χ4v) is 3.88. The number of Topliss-reactive ketones (excluding diaryl/α,β-unsaturated/α-hetero) is 1. The minimum absolute atomic E-state index is 0.0217. The van der Waals surface area contributed by atoms with Crippen LogP contribution in [-0.2, 0) is 4.79 Å². The van der Waals surface area contributed by atoms with Crippen molar-refractivity contribution in [3.8, 4) is 0 Å². The van der Waals surface area contributed by atoms with E-state index in [0.717, 1.165) is 40.9 Å². The van der Waals surface area contributed by atoms with Gasteiger partial charge in [-0.3, -0.25) is 4.79 Å². The second kappa shape index (κ2) is 4.31. The SMILES string of the molecule is Cc1noc2c1C(c1ccsc1)C1=C(CCCC1=O)N2. The molecule has 0 amide bonds. The van der Waals surface area contributed by atoms with Crippen molar-refractivity contribution in [3.05, 3.63) is 44.9 Å². The minimum atomic E-state index is -0.0217. The number of rotatable bonds is 1. The third-order valence-electron chi connectivity index (χ3n) is 4.08. The smallest absolute Gasteiger partial charge is 0.233 e. The number of thiophene rings is 1. The van der Waals surface area contributed by atoms with Crippen molar-refractivity contribution in [2.45, 2.75) is 32.1 Å². The van der Waals surface area contributed by atoms with Crippen molar-refractivity contribution in [2.24, 2.45) is 0 Å². The molecule has 5 heteroatoms. The summed E-state index contributed by atoms with van der Waals surface area (Å²) in [7, 11) is 0. The third-order valence-corrected chi connectivity index (χ3v) is 4.78. The Morgan fingerprint density at radius 3 is 3.15 bits per heavy atom. The van der Waals surface area contributed by atoms with Crippen LogP contribution in [0.15, 0.2) is 32.6 Å². The van der Waals surface area contributed by atoms with Gasteiger partial charge < -0.3 is 9.84 Å². The van der Waals surface area contributed by atoms with E-state index in [0.29, 0.717) is 12.3 Å². The van der Waals surface area contributed by atoms with Gasteiger partial charge in [0, 0.05) is 23.6 Å². The molecule has 0 spiro atoms. The van der Waals surface area contributed by atoms with Gasteiger partial charge in [-0.05, 0) is 42.2 Å². The monoisotopic (exact) mass is 286 g/mol. The Balaban J connectivity index is 1.96. The number of aromatic nitrogens is 1. The second-order valence-corrected chi connectivity index (χ2v) is 6.07. The average Bonchev–Trinajstić information content (AvgIpc) is 3.08. The van der Waals surface area contributed by atoms with Gasteiger partial charge in [0.05, 0.1) is 11.3 Å². The zero-order chi connectivity index (χ0) is 13.7. The Morgan fingerprint density at radius 1 is 1.45 bits per heavy atom. The molecule has 0 radical (unpaired) electrons. The molecule has 20 heavy (non-hydrogen) atoms. The van der Waals surface area contributed by atoms with Crippen LogP contribution < -0.4 is 5.32 Å². The van der Waals surface area contributed by atoms with Crippen molar-refractivity contribution in [1.82, 2.24) is 5.16 Å². The van der Waals surface area contributed by atoms with E-state index >= 15 is 0 Å². The number of nitrogens with zero attached hydrogens (tertiary/aromatic N) is 1. The molecule has 3 heterocycles. The summed E-state index contributed by atoms with van der Waals surface area (Å²) in [5.74, 6) is 0.930. The predicted octanol–water partition coefficient (Wildman–Crippen LogP) is 3.61. The molecule has 1 aliphatic carbocycles. The lowest BCUT2D eigenvalue weighted by Crippen LogP contribution is -2.26. The highest BCUT2D eigenvalue weighted by Crippen LogP contribution is 2.46. The van der Waals surface area contributed by atoms with Crippen LogP contribution in [0.2, 0.25) is 0 Å². The molecular formula is C15H14N2O2S. The molecule has 1 atom stereocenters. The minimum Gasteiger partial charge on any atom is -0.338 e. The molecule has 2 aliphatic rings. The summed E-state index contributed by atoms with van der Waals surface area (Å²) >= 11 is 1.65. The molecule has 4 rings (SSSR count). The van der Waals surface area contributed by atoms with Gasteiger partial charge in [0.25, 0.3) is 0 Å². The first kappa shape index (κ1) is 11.9. The van der Waals surface area contributed by atoms with E-state index in [1.165, 1.54) is 0 Å². The van der Waals surface area contributed by atoms with Crippen LogP contribution >= 0.6 is 11.3 Å². The maximum absolute atomic E-state index is 12.4. The van der Waals surface area contributed by atoms with Gasteiger partial charge in [0.2, 0.25) is 5.88 Å². The quantitative estimate of drug-likeness (QED) is 0.870. The Morgan fingerprint density at radius 2 is 2.35 bits per heavy atom. The van der Waals surface area contributed by atoms with Gasteiger partial charge in [0.1, 0.15) is 0 Å². The van der Waals surface area contributed by atoms with Crippen molar-refractivity contribution >= 4 is 23.0 Å². The van der Waals surface area contributed by atoms with Crippen molar-refractivity contribution in [1.29, 1.82) is 0 Å². The van der Waals surface area contributed by atoms with Crippen molar-refractivity contribution in [2.75, 3.05) is 5.32 Å². The summed E-state index contributed by atoms with van der Waals surface area (Å²) in [6.07, 6.45) is 2.45. The molecular weight excluding hydrogens is 272 g/mol. The first-order valence-corrected chi connectivity index (χ1v) is 7.71. The van der Waals surface area contributed by atoms with Crippen LogP contribution in [0.25, 0.3) is 0 Å². The zero-order valence-corrected chi connectivity index (χ0v) is 11.9.